The number of nitrogens with one attached hydrogen (secondary N) is 1. The monoisotopic (exact) mass is 455 g/mol. The highest BCUT2D eigenvalue weighted by Crippen LogP contribution is 2.31. The summed E-state index contributed by atoms with van der Waals surface area (Å²) in [6.45, 7) is 3.48. The number of furan rings is 1. The van der Waals surface area contributed by atoms with E-state index in [0.717, 1.165) is 78.9 Å². The molecule has 0 bridgehead atoms. The van der Waals surface area contributed by atoms with E-state index < -0.39 is 0 Å². The van der Waals surface area contributed by atoms with Crippen LogP contribution in [0, 0.1) is 6.92 Å². The summed E-state index contributed by atoms with van der Waals surface area (Å²) in [5.74, 6) is 0.923. The van der Waals surface area contributed by atoms with Gasteiger partial charge in [0.2, 0.25) is 0 Å². The van der Waals surface area contributed by atoms with Crippen LogP contribution in [0.15, 0.2) is 64.1 Å². The van der Waals surface area contributed by atoms with Crippen molar-refractivity contribution in [3.63, 3.8) is 0 Å². The second-order valence-electron chi connectivity index (χ2n) is 9.00. The molecule has 1 saturated heterocycles. The number of hydrazone groups is 1. The topological polar surface area (TPSA) is 74.9 Å². The molecule has 1 fully saturated rings. The fraction of sp³-hybridized carbons (Fsp3) is 0.321. The Morgan fingerprint density at radius 3 is 2.32 bits per heavy atom. The predicted molar refractivity (Wildman–Crippen MR) is 132 cm³/mol. The number of carbonyl (C=O) groups excluding carboxylic acids is 2. The van der Waals surface area contributed by atoms with E-state index in [2.05, 4.69) is 10.5 Å². The normalized spacial score (nSPS) is 16.9. The fourth-order valence-electron chi connectivity index (χ4n) is 4.85. The van der Waals surface area contributed by atoms with Crippen molar-refractivity contribution >= 4 is 17.5 Å². The Hall–Kier alpha value is -3.67. The zero-order valence-electron chi connectivity index (χ0n) is 19.5. The lowest BCUT2D eigenvalue weighted by Gasteiger charge is -2.25. The Bertz CT molecular complexity index is 1220. The van der Waals surface area contributed by atoms with Crippen molar-refractivity contribution in [1.82, 2.24) is 10.3 Å². The number of amides is 2. The molecule has 0 saturated carbocycles. The van der Waals surface area contributed by atoms with Gasteiger partial charge in [-0.15, -0.1) is 0 Å². The molecule has 34 heavy (non-hydrogen) atoms. The average Bonchev–Trinajstić information content (AvgIpc) is 3.25. The molecule has 1 aliphatic carbocycles. The molecule has 6 nitrogen and oxygen atoms in total. The molecule has 0 radical (unpaired) electrons. The van der Waals surface area contributed by atoms with Crippen molar-refractivity contribution in [2.24, 2.45) is 5.10 Å². The lowest BCUT2D eigenvalue weighted by atomic mass is 9.93. The van der Waals surface area contributed by atoms with Gasteiger partial charge in [0, 0.05) is 36.2 Å². The van der Waals surface area contributed by atoms with Crippen LogP contribution in [0.3, 0.4) is 0 Å². The summed E-state index contributed by atoms with van der Waals surface area (Å²) in [6, 6.07) is 17.5. The molecule has 0 atom stereocenters. The van der Waals surface area contributed by atoms with E-state index in [4.69, 9.17) is 4.42 Å². The fourth-order valence-corrected chi connectivity index (χ4v) is 4.85. The van der Waals surface area contributed by atoms with Gasteiger partial charge in [-0.3, -0.25) is 9.59 Å². The van der Waals surface area contributed by atoms with Crippen molar-refractivity contribution in [3.8, 4) is 11.1 Å². The highest BCUT2D eigenvalue weighted by atomic mass is 16.4. The van der Waals surface area contributed by atoms with Gasteiger partial charge in [-0.2, -0.15) is 5.10 Å². The second kappa shape index (κ2) is 9.67. The first-order chi connectivity index (χ1) is 16.6. The van der Waals surface area contributed by atoms with Gasteiger partial charge in [0.15, 0.2) is 5.76 Å². The number of carbonyl (C=O) groups is 2. The molecule has 1 aromatic heterocycles. The minimum Gasteiger partial charge on any atom is -0.455 e. The Morgan fingerprint density at radius 1 is 0.882 bits per heavy atom. The zero-order chi connectivity index (χ0) is 23.5. The summed E-state index contributed by atoms with van der Waals surface area (Å²) in [7, 11) is 0. The standard InChI is InChI=1S/C28H29N3O3/c1-19-25-23(11-8-12-24(25)34-26(19)28(33)31-17-6-3-7-18-31)29-30-27(32)22-15-13-21(14-16-22)20-9-4-2-5-10-20/h2,4-5,9-10,13-16H,3,6-8,11-12,17-18H2,1H3,(H,30,32)/b29-23+. The number of hydrogen-bond donors (Lipinski definition) is 1. The molecule has 1 N–H and O–H groups in total. The number of benzene rings is 2. The van der Waals surface area contributed by atoms with Crippen LogP contribution in [0.5, 0.6) is 0 Å². The number of piperidine rings is 1. The van der Waals surface area contributed by atoms with Crippen LogP contribution in [0.25, 0.3) is 11.1 Å². The second-order valence-corrected chi connectivity index (χ2v) is 9.00. The summed E-state index contributed by atoms with van der Waals surface area (Å²) in [5.41, 5.74) is 7.90. The van der Waals surface area contributed by atoms with Crippen molar-refractivity contribution in [2.45, 2.75) is 45.4 Å². The molecule has 2 heterocycles. The maximum atomic E-state index is 13.0. The largest absolute Gasteiger partial charge is 0.455 e. The SMILES string of the molecule is Cc1c(C(=O)N2CCCCC2)oc2c1/C(=N/NC(=O)c1ccc(-c3ccccc3)cc1)CCC2. The van der Waals surface area contributed by atoms with E-state index in [0.29, 0.717) is 11.3 Å². The molecule has 174 valence electrons. The van der Waals surface area contributed by atoms with Crippen molar-refractivity contribution in [3.05, 3.63) is 82.8 Å². The highest BCUT2D eigenvalue weighted by Gasteiger charge is 2.30. The van der Waals surface area contributed by atoms with E-state index in [9.17, 15) is 9.59 Å². The van der Waals surface area contributed by atoms with Gasteiger partial charge in [0.1, 0.15) is 5.76 Å². The number of nitrogens with zero attached hydrogens (tertiary/aromatic N) is 2. The van der Waals surface area contributed by atoms with Crippen molar-refractivity contribution in [2.75, 3.05) is 13.1 Å². The maximum absolute atomic E-state index is 13.0. The molecule has 1 aliphatic heterocycles. The molecular weight excluding hydrogens is 426 g/mol. The molecular formula is C28H29N3O3. The van der Waals surface area contributed by atoms with Gasteiger partial charge in [0.05, 0.1) is 5.71 Å². The minimum atomic E-state index is -0.259. The first kappa shape index (κ1) is 22.1. The molecule has 6 heteroatoms. The molecule has 2 aliphatic rings. The number of fused-ring (bicyclic) bond motifs is 1. The van der Waals surface area contributed by atoms with Crippen LogP contribution in [0.4, 0.5) is 0 Å². The quantitative estimate of drug-likeness (QED) is 0.539. The highest BCUT2D eigenvalue weighted by molar-refractivity contribution is 6.07. The molecule has 2 aromatic carbocycles. The molecule has 0 unspecified atom stereocenters. The number of likely N-dealkylation sites (tertiary alicyclic amines) is 1. The average molecular weight is 456 g/mol. The van der Waals surface area contributed by atoms with Gasteiger partial charge in [0.25, 0.3) is 11.8 Å². The number of rotatable bonds is 4. The van der Waals surface area contributed by atoms with E-state index in [1.165, 1.54) is 6.42 Å². The minimum absolute atomic E-state index is 0.0338. The van der Waals surface area contributed by atoms with E-state index >= 15 is 0 Å². The van der Waals surface area contributed by atoms with Gasteiger partial charge in [-0.05, 0) is 62.3 Å². The number of hydrogen-bond acceptors (Lipinski definition) is 4. The Balaban J connectivity index is 1.33. The third-order valence-electron chi connectivity index (χ3n) is 6.71. The predicted octanol–water partition coefficient (Wildman–Crippen LogP) is 5.35. The zero-order valence-corrected chi connectivity index (χ0v) is 19.5. The van der Waals surface area contributed by atoms with Crippen LogP contribution in [0.2, 0.25) is 0 Å². The maximum Gasteiger partial charge on any atom is 0.289 e. The molecule has 3 aromatic rings. The first-order valence-electron chi connectivity index (χ1n) is 12.1. The summed E-state index contributed by atoms with van der Waals surface area (Å²) in [4.78, 5) is 27.7. The van der Waals surface area contributed by atoms with Crippen LogP contribution < -0.4 is 5.43 Å². The van der Waals surface area contributed by atoms with Crippen molar-refractivity contribution in [1.29, 1.82) is 0 Å². The first-order valence-corrected chi connectivity index (χ1v) is 12.1. The molecule has 5 rings (SSSR count). The number of aryl methyl sites for hydroxylation is 1. The van der Waals surface area contributed by atoms with E-state index in [-0.39, 0.29) is 11.8 Å². The van der Waals surface area contributed by atoms with Gasteiger partial charge < -0.3 is 9.32 Å². The van der Waals surface area contributed by atoms with Gasteiger partial charge in [-0.25, -0.2) is 5.43 Å². The summed E-state index contributed by atoms with van der Waals surface area (Å²) in [6.07, 6.45) is 5.63. The van der Waals surface area contributed by atoms with Gasteiger partial charge in [-0.1, -0.05) is 42.5 Å². The van der Waals surface area contributed by atoms with Crippen LogP contribution in [0.1, 0.15) is 69.9 Å². The van der Waals surface area contributed by atoms with Crippen LogP contribution >= 0.6 is 0 Å². The molecule has 2 amide bonds. The van der Waals surface area contributed by atoms with Crippen LogP contribution in [-0.2, 0) is 6.42 Å². The Morgan fingerprint density at radius 2 is 1.59 bits per heavy atom. The summed E-state index contributed by atoms with van der Waals surface area (Å²) < 4.78 is 6.04. The summed E-state index contributed by atoms with van der Waals surface area (Å²) in [5, 5.41) is 4.46. The van der Waals surface area contributed by atoms with Crippen LogP contribution in [-0.4, -0.2) is 35.5 Å². The lowest BCUT2D eigenvalue weighted by molar-refractivity contribution is 0.0689. The third-order valence-corrected chi connectivity index (χ3v) is 6.71. The Kier molecular flexibility index (Phi) is 6.30. The van der Waals surface area contributed by atoms with E-state index in [1.807, 2.05) is 66.4 Å². The van der Waals surface area contributed by atoms with Gasteiger partial charge >= 0.3 is 0 Å². The third kappa shape index (κ3) is 4.40. The van der Waals surface area contributed by atoms with Crippen molar-refractivity contribution < 1.29 is 14.0 Å². The lowest BCUT2D eigenvalue weighted by Crippen LogP contribution is -2.35. The molecule has 0 spiro atoms. The summed E-state index contributed by atoms with van der Waals surface area (Å²) >= 11 is 0. The smallest absolute Gasteiger partial charge is 0.289 e. The Labute approximate surface area is 199 Å². The van der Waals surface area contributed by atoms with E-state index in [1.54, 1.807) is 0 Å².